The van der Waals surface area contributed by atoms with Crippen LogP contribution in [0.2, 0.25) is 0 Å². The van der Waals surface area contributed by atoms with Crippen LogP contribution in [0.5, 0.6) is 0 Å². The van der Waals surface area contributed by atoms with E-state index in [2.05, 4.69) is 39.7 Å². The van der Waals surface area contributed by atoms with Crippen LogP contribution in [0.3, 0.4) is 0 Å². The van der Waals surface area contributed by atoms with Gasteiger partial charge in [-0.15, -0.1) is 0 Å². The average Bonchev–Trinajstić information content (AvgIpc) is 2.81. The first-order valence-electron chi connectivity index (χ1n) is 6.02. The van der Waals surface area contributed by atoms with Crippen molar-refractivity contribution in [2.45, 2.75) is 18.5 Å². The lowest BCUT2D eigenvalue weighted by molar-refractivity contribution is 0.177. The predicted octanol–water partition coefficient (Wildman–Crippen LogP) is 0.569. The molecule has 1 aliphatic heterocycles. The molecule has 2 heterocycles. The fourth-order valence-corrected chi connectivity index (χ4v) is 2.36. The SMILES string of the molecule is CNC(CC1CNCCN1C)c1ccc[nH]1. The van der Waals surface area contributed by atoms with Crippen LogP contribution in [0.1, 0.15) is 18.2 Å². The molecule has 0 aromatic carbocycles. The summed E-state index contributed by atoms with van der Waals surface area (Å²) in [5, 5.41) is 6.85. The molecule has 0 saturated carbocycles. The largest absolute Gasteiger partial charge is 0.364 e. The highest BCUT2D eigenvalue weighted by atomic mass is 15.2. The number of likely N-dealkylation sites (N-methyl/N-ethyl adjacent to an activating group) is 1. The van der Waals surface area contributed by atoms with Gasteiger partial charge in [0.2, 0.25) is 0 Å². The van der Waals surface area contributed by atoms with E-state index in [-0.39, 0.29) is 0 Å². The van der Waals surface area contributed by atoms with E-state index in [1.165, 1.54) is 5.69 Å². The van der Waals surface area contributed by atoms with Crippen LogP contribution in [0.15, 0.2) is 18.3 Å². The summed E-state index contributed by atoms with van der Waals surface area (Å²) in [6, 6.07) is 5.25. The van der Waals surface area contributed by atoms with Crippen LogP contribution in [0.4, 0.5) is 0 Å². The quantitative estimate of drug-likeness (QED) is 0.698. The normalized spacial score (nSPS) is 24.5. The molecule has 1 saturated heterocycles. The predicted molar refractivity (Wildman–Crippen MR) is 66.5 cm³/mol. The van der Waals surface area contributed by atoms with Crippen LogP contribution >= 0.6 is 0 Å². The smallest absolute Gasteiger partial charge is 0.0485 e. The second-order valence-corrected chi connectivity index (χ2v) is 4.54. The number of aromatic nitrogens is 1. The van der Waals surface area contributed by atoms with E-state index in [1.54, 1.807) is 0 Å². The van der Waals surface area contributed by atoms with Gasteiger partial charge in [-0.05, 0) is 32.6 Å². The molecule has 4 heteroatoms. The van der Waals surface area contributed by atoms with Crippen molar-refractivity contribution in [3.05, 3.63) is 24.0 Å². The van der Waals surface area contributed by atoms with Gasteiger partial charge in [0, 0.05) is 43.6 Å². The zero-order valence-corrected chi connectivity index (χ0v) is 10.2. The van der Waals surface area contributed by atoms with Gasteiger partial charge in [0.1, 0.15) is 0 Å². The van der Waals surface area contributed by atoms with Crippen LogP contribution in [0.25, 0.3) is 0 Å². The molecule has 1 fully saturated rings. The van der Waals surface area contributed by atoms with Crippen molar-refractivity contribution in [1.82, 2.24) is 20.5 Å². The Bertz CT molecular complexity index is 296. The van der Waals surface area contributed by atoms with Crippen molar-refractivity contribution in [3.8, 4) is 0 Å². The summed E-state index contributed by atoms with van der Waals surface area (Å²) in [5.74, 6) is 0. The molecule has 0 spiro atoms. The number of rotatable bonds is 4. The van der Waals surface area contributed by atoms with E-state index in [1.807, 2.05) is 13.2 Å². The highest BCUT2D eigenvalue weighted by molar-refractivity contribution is 5.09. The molecule has 4 nitrogen and oxygen atoms in total. The minimum Gasteiger partial charge on any atom is -0.364 e. The third-order valence-electron chi connectivity index (χ3n) is 3.50. The molecule has 1 aromatic heterocycles. The summed E-state index contributed by atoms with van der Waals surface area (Å²) in [6.07, 6.45) is 3.13. The molecular weight excluding hydrogens is 200 g/mol. The van der Waals surface area contributed by atoms with E-state index in [9.17, 15) is 0 Å². The Morgan fingerprint density at radius 2 is 2.50 bits per heavy atom. The number of nitrogens with zero attached hydrogens (tertiary/aromatic N) is 1. The molecule has 1 aliphatic rings. The van der Waals surface area contributed by atoms with E-state index in [4.69, 9.17) is 0 Å². The summed E-state index contributed by atoms with van der Waals surface area (Å²) in [7, 11) is 4.24. The van der Waals surface area contributed by atoms with Crippen molar-refractivity contribution in [2.75, 3.05) is 33.7 Å². The average molecular weight is 222 g/mol. The Kier molecular flexibility index (Phi) is 3.98. The van der Waals surface area contributed by atoms with Gasteiger partial charge in [0.15, 0.2) is 0 Å². The zero-order chi connectivity index (χ0) is 11.4. The Morgan fingerprint density at radius 1 is 1.62 bits per heavy atom. The lowest BCUT2D eigenvalue weighted by atomic mass is 10.0. The third kappa shape index (κ3) is 2.64. The van der Waals surface area contributed by atoms with Crippen molar-refractivity contribution in [1.29, 1.82) is 0 Å². The van der Waals surface area contributed by atoms with Gasteiger partial charge in [-0.2, -0.15) is 0 Å². The molecular formula is C12H22N4. The van der Waals surface area contributed by atoms with E-state index in [0.717, 1.165) is 26.1 Å². The summed E-state index contributed by atoms with van der Waals surface area (Å²) in [4.78, 5) is 5.74. The van der Waals surface area contributed by atoms with Gasteiger partial charge in [0.25, 0.3) is 0 Å². The topological polar surface area (TPSA) is 43.1 Å². The zero-order valence-electron chi connectivity index (χ0n) is 10.2. The Balaban J connectivity index is 1.95. The number of H-pyrrole nitrogens is 1. The number of piperazine rings is 1. The molecule has 0 bridgehead atoms. The molecule has 1 aromatic rings. The van der Waals surface area contributed by atoms with Gasteiger partial charge in [-0.3, -0.25) is 0 Å². The standard InChI is InChI=1S/C12H22N4/c1-13-12(11-4-3-5-15-11)8-10-9-14-6-7-16(10)2/h3-5,10,12-15H,6-9H2,1-2H3. The molecule has 16 heavy (non-hydrogen) atoms. The van der Waals surface area contributed by atoms with Gasteiger partial charge in [-0.25, -0.2) is 0 Å². The second kappa shape index (κ2) is 5.48. The fourth-order valence-electron chi connectivity index (χ4n) is 2.36. The molecule has 2 rings (SSSR count). The van der Waals surface area contributed by atoms with E-state index >= 15 is 0 Å². The molecule has 2 atom stereocenters. The first-order chi connectivity index (χ1) is 7.81. The second-order valence-electron chi connectivity index (χ2n) is 4.54. The van der Waals surface area contributed by atoms with Gasteiger partial charge >= 0.3 is 0 Å². The lowest BCUT2D eigenvalue weighted by Gasteiger charge is -2.35. The van der Waals surface area contributed by atoms with E-state index < -0.39 is 0 Å². The number of hydrogen-bond acceptors (Lipinski definition) is 3. The highest BCUT2D eigenvalue weighted by Gasteiger charge is 2.22. The summed E-state index contributed by atoms with van der Waals surface area (Å²) in [6.45, 7) is 3.35. The van der Waals surface area contributed by atoms with E-state index in [0.29, 0.717) is 12.1 Å². The minimum atomic E-state index is 0.419. The molecule has 0 aliphatic carbocycles. The lowest BCUT2D eigenvalue weighted by Crippen LogP contribution is -2.50. The first kappa shape index (κ1) is 11.6. The summed E-state index contributed by atoms with van der Waals surface area (Å²) in [5.41, 5.74) is 1.28. The van der Waals surface area contributed by atoms with Crippen molar-refractivity contribution in [2.24, 2.45) is 0 Å². The van der Waals surface area contributed by atoms with Crippen molar-refractivity contribution >= 4 is 0 Å². The molecule has 90 valence electrons. The van der Waals surface area contributed by atoms with Crippen LogP contribution in [-0.2, 0) is 0 Å². The van der Waals surface area contributed by atoms with Gasteiger partial charge in [0.05, 0.1) is 0 Å². The van der Waals surface area contributed by atoms with Crippen LogP contribution in [0, 0.1) is 0 Å². The van der Waals surface area contributed by atoms with Crippen molar-refractivity contribution in [3.63, 3.8) is 0 Å². The maximum atomic E-state index is 3.46. The molecule has 0 amide bonds. The molecule has 2 unspecified atom stereocenters. The summed E-state index contributed by atoms with van der Waals surface area (Å²) < 4.78 is 0. The Labute approximate surface area is 97.4 Å². The molecule has 0 radical (unpaired) electrons. The molecule has 3 N–H and O–H groups in total. The number of hydrogen-bond donors (Lipinski definition) is 3. The van der Waals surface area contributed by atoms with Gasteiger partial charge in [-0.1, -0.05) is 0 Å². The van der Waals surface area contributed by atoms with Crippen LogP contribution < -0.4 is 10.6 Å². The van der Waals surface area contributed by atoms with Crippen molar-refractivity contribution < 1.29 is 0 Å². The fraction of sp³-hybridized carbons (Fsp3) is 0.667. The van der Waals surface area contributed by atoms with Crippen LogP contribution in [-0.4, -0.2) is 49.7 Å². The Hall–Kier alpha value is -0.840. The minimum absolute atomic E-state index is 0.419. The summed E-state index contributed by atoms with van der Waals surface area (Å²) >= 11 is 0. The highest BCUT2D eigenvalue weighted by Crippen LogP contribution is 2.19. The first-order valence-corrected chi connectivity index (χ1v) is 6.02. The monoisotopic (exact) mass is 222 g/mol. The number of aromatic amines is 1. The Morgan fingerprint density at radius 3 is 3.12 bits per heavy atom. The number of nitrogens with one attached hydrogen (secondary N) is 3. The third-order valence-corrected chi connectivity index (χ3v) is 3.50. The maximum absolute atomic E-state index is 3.46. The maximum Gasteiger partial charge on any atom is 0.0485 e. The van der Waals surface area contributed by atoms with Gasteiger partial charge < -0.3 is 20.5 Å².